The number of aliphatic hydroxyl groups is 1. The van der Waals surface area contributed by atoms with E-state index >= 15 is 0 Å². The quantitative estimate of drug-likeness (QED) is 0.195. The topological polar surface area (TPSA) is 155 Å². The molecule has 4 aliphatic heterocycles. The number of rotatable bonds is 9. The van der Waals surface area contributed by atoms with E-state index in [1.807, 2.05) is 44.2 Å². The summed E-state index contributed by atoms with van der Waals surface area (Å²) < 4.78 is 35.4. The molecule has 0 aliphatic carbocycles. The van der Waals surface area contributed by atoms with Crippen LogP contribution in [0.3, 0.4) is 0 Å². The fourth-order valence-electron chi connectivity index (χ4n) is 6.91. The van der Waals surface area contributed by atoms with Crippen molar-refractivity contribution in [2.75, 3.05) is 33.5 Å². The molecule has 4 bridgehead atoms. The summed E-state index contributed by atoms with van der Waals surface area (Å²) in [6.07, 6.45) is 7.71. The van der Waals surface area contributed by atoms with Crippen molar-refractivity contribution in [2.24, 2.45) is 22.2 Å². The van der Waals surface area contributed by atoms with E-state index < -0.39 is 54.3 Å². The summed E-state index contributed by atoms with van der Waals surface area (Å²) in [5, 5.41) is 10.2. The van der Waals surface area contributed by atoms with Crippen molar-refractivity contribution in [3.8, 4) is 0 Å². The molecule has 6 atom stereocenters. The highest BCUT2D eigenvalue weighted by Gasteiger charge is 2.57. The number of nitrogens with zero attached hydrogens (tertiary/aromatic N) is 1. The van der Waals surface area contributed by atoms with Gasteiger partial charge in [0, 0.05) is 30.9 Å². The molecule has 0 saturated carbocycles. The van der Waals surface area contributed by atoms with Gasteiger partial charge in [0.2, 0.25) is 5.90 Å². The minimum absolute atomic E-state index is 0.000324. The van der Waals surface area contributed by atoms with E-state index in [4.69, 9.17) is 33.4 Å². The Labute approximate surface area is 312 Å². The molecule has 0 unspecified atom stereocenters. The number of ether oxygens (including phenoxy) is 6. The van der Waals surface area contributed by atoms with E-state index in [0.717, 1.165) is 34.9 Å². The van der Waals surface area contributed by atoms with Gasteiger partial charge in [-0.1, -0.05) is 45.9 Å². The third-order valence-electron chi connectivity index (χ3n) is 9.98. The molecule has 1 aromatic rings. The monoisotopic (exact) mass is 734 g/mol. The summed E-state index contributed by atoms with van der Waals surface area (Å²) in [7, 11) is 1.66. The second-order valence-electron chi connectivity index (χ2n) is 15.3. The number of H-pyrrole nitrogens is 1. The van der Waals surface area contributed by atoms with Gasteiger partial charge < -0.3 is 38.5 Å². The molecule has 12 heteroatoms. The van der Waals surface area contributed by atoms with Gasteiger partial charge in [-0.25, -0.2) is 14.6 Å². The zero-order valence-corrected chi connectivity index (χ0v) is 32.1. The number of carbonyl (C=O) groups is 3. The Balaban J connectivity index is 1.55. The number of hydrogen-bond acceptors (Lipinski definition) is 11. The molecule has 5 heterocycles. The maximum absolute atomic E-state index is 13.7. The van der Waals surface area contributed by atoms with Crippen LogP contribution in [0.25, 0.3) is 0 Å². The Morgan fingerprint density at radius 3 is 2.60 bits per heavy atom. The Morgan fingerprint density at radius 2 is 1.91 bits per heavy atom. The van der Waals surface area contributed by atoms with Gasteiger partial charge in [-0.15, -0.1) is 0 Å². The molecule has 12 nitrogen and oxygen atoms in total. The average Bonchev–Trinajstić information content (AvgIpc) is 3.89. The van der Waals surface area contributed by atoms with Crippen molar-refractivity contribution in [3.63, 3.8) is 0 Å². The number of aliphatic hydroxyl groups excluding tert-OH is 1. The molecular weight excluding hydrogens is 680 g/mol. The molecule has 5 rings (SSSR count). The lowest BCUT2D eigenvalue weighted by Gasteiger charge is -2.27. The third kappa shape index (κ3) is 9.28. The zero-order valence-electron chi connectivity index (χ0n) is 32.1. The summed E-state index contributed by atoms with van der Waals surface area (Å²) in [4.78, 5) is 48.5. The molecule has 0 aromatic carbocycles. The maximum Gasteiger partial charge on any atom is 0.334 e. The van der Waals surface area contributed by atoms with Crippen molar-refractivity contribution >= 4 is 23.8 Å². The average molecular weight is 735 g/mol. The summed E-state index contributed by atoms with van der Waals surface area (Å²) in [5.74, 6) is -1.44. The first-order valence-corrected chi connectivity index (χ1v) is 18.4. The number of nitrogens with one attached hydrogen (secondary N) is 1. The van der Waals surface area contributed by atoms with Gasteiger partial charge in [0.05, 0.1) is 25.9 Å². The van der Waals surface area contributed by atoms with Gasteiger partial charge in [-0.3, -0.25) is 4.79 Å². The Kier molecular flexibility index (Phi) is 13.0. The van der Waals surface area contributed by atoms with Crippen LogP contribution in [0.4, 0.5) is 0 Å². The molecule has 0 radical (unpaired) electrons. The van der Waals surface area contributed by atoms with Crippen LogP contribution in [0.5, 0.6) is 0 Å². The molecular formula is C41H54N2O10. The van der Waals surface area contributed by atoms with E-state index in [2.05, 4.69) is 31.8 Å². The SMILES string of the molecule is COC/C=C/C(C)=C1\CO[C@H](CC(C)C)\C1=C/[C@@H]1N=C2O[C@@H]1COC(=O)/C(CC(C)C)=C/C(=O)O[C@H]1[C@H](OC(=O)[C@]1(C)CO)/C(C)=C/Cc1ccc2[nH]1. The van der Waals surface area contributed by atoms with Gasteiger partial charge in [0.1, 0.15) is 23.8 Å². The number of esters is 3. The van der Waals surface area contributed by atoms with Crippen LogP contribution in [-0.2, 0) is 49.2 Å². The van der Waals surface area contributed by atoms with Gasteiger partial charge in [0.25, 0.3) is 0 Å². The van der Waals surface area contributed by atoms with Crippen LogP contribution >= 0.6 is 0 Å². The number of fused-ring (bicyclic) bond motifs is 6. The van der Waals surface area contributed by atoms with Crippen LogP contribution < -0.4 is 0 Å². The number of hydrogen-bond donors (Lipinski definition) is 2. The van der Waals surface area contributed by atoms with Crippen LogP contribution in [0, 0.1) is 17.3 Å². The Bertz CT molecular complexity index is 1730. The normalized spacial score (nSPS) is 32.0. The molecule has 0 amide bonds. The van der Waals surface area contributed by atoms with Crippen LogP contribution in [0.15, 0.2) is 75.4 Å². The maximum atomic E-state index is 13.7. The highest BCUT2D eigenvalue weighted by Crippen LogP contribution is 2.40. The van der Waals surface area contributed by atoms with E-state index in [1.165, 1.54) is 6.92 Å². The standard InChI is InChI=1S/C41H54N2O10/c1-23(2)16-27-18-35(45)52-37-36(53-40(47)41(37,7)22-44)26(6)11-12-28-13-14-31(42-28)38-43-32(34(51-38)21-50-39(27)46)19-29-30(25(5)10-9-15-48-8)20-49-33(29)17-24(3)4/h9-11,13-14,18-19,23-24,32-34,36-37,42,44H,12,15-17,20-22H2,1-8H3/b10-9+,26-11+,27-18+,29-19-,30-25+/t32-,33+,34+,36+,37-,41+/m0/s1. The van der Waals surface area contributed by atoms with Crippen LogP contribution in [-0.4, -0.2) is 97.9 Å². The lowest BCUT2D eigenvalue weighted by molar-refractivity contribution is -0.153. The minimum Gasteiger partial charge on any atom is -0.467 e. The van der Waals surface area contributed by atoms with Crippen LogP contribution in [0.2, 0.25) is 0 Å². The number of cyclic esters (lactones) is 1. The predicted molar refractivity (Wildman–Crippen MR) is 198 cm³/mol. The number of carbonyl (C=O) groups excluding carboxylic acids is 3. The molecule has 288 valence electrons. The van der Waals surface area contributed by atoms with Gasteiger partial charge >= 0.3 is 17.9 Å². The Morgan fingerprint density at radius 1 is 1.13 bits per heavy atom. The number of aromatic nitrogens is 1. The summed E-state index contributed by atoms with van der Waals surface area (Å²) in [5.41, 5.74) is 3.93. The fraction of sp³-hybridized carbons (Fsp3) is 0.561. The van der Waals surface area contributed by atoms with Crippen molar-refractivity contribution in [3.05, 3.63) is 81.8 Å². The lowest BCUT2D eigenvalue weighted by Crippen LogP contribution is -2.43. The molecule has 1 aromatic heterocycles. The van der Waals surface area contributed by atoms with Crippen molar-refractivity contribution < 1.29 is 47.9 Å². The molecule has 4 aliphatic rings. The third-order valence-corrected chi connectivity index (χ3v) is 9.98. The first kappa shape index (κ1) is 39.9. The van der Waals surface area contributed by atoms with Crippen molar-refractivity contribution in [2.45, 2.75) is 98.2 Å². The zero-order chi connectivity index (χ0) is 38.4. The molecule has 2 N–H and O–H groups in total. The van der Waals surface area contributed by atoms with Crippen molar-refractivity contribution in [1.82, 2.24) is 4.98 Å². The number of aromatic amines is 1. The number of allylic oxidation sites excluding steroid dienone is 3. The lowest BCUT2D eigenvalue weighted by atomic mass is 9.83. The van der Waals surface area contributed by atoms with E-state index in [-0.39, 0.29) is 30.6 Å². The fourth-order valence-corrected chi connectivity index (χ4v) is 6.91. The van der Waals surface area contributed by atoms with E-state index in [9.17, 15) is 19.5 Å². The molecule has 2 fully saturated rings. The van der Waals surface area contributed by atoms with E-state index in [0.29, 0.717) is 42.7 Å². The summed E-state index contributed by atoms with van der Waals surface area (Å²) in [6.45, 7) is 13.7. The Hall–Kier alpha value is -4.26. The van der Waals surface area contributed by atoms with Crippen molar-refractivity contribution in [1.29, 1.82) is 0 Å². The smallest absolute Gasteiger partial charge is 0.334 e. The molecule has 2 saturated heterocycles. The minimum atomic E-state index is -1.49. The van der Waals surface area contributed by atoms with E-state index in [1.54, 1.807) is 14.0 Å². The highest BCUT2D eigenvalue weighted by atomic mass is 16.6. The predicted octanol–water partition coefficient (Wildman–Crippen LogP) is 5.27. The summed E-state index contributed by atoms with van der Waals surface area (Å²) >= 11 is 0. The highest BCUT2D eigenvalue weighted by molar-refractivity contribution is 5.97. The van der Waals surface area contributed by atoms with Gasteiger partial charge in [0.15, 0.2) is 18.3 Å². The molecule has 0 spiro atoms. The number of methoxy groups -OCH3 is 1. The first-order chi connectivity index (χ1) is 25.2. The number of aliphatic imine (C=N–C) groups is 1. The largest absolute Gasteiger partial charge is 0.467 e. The van der Waals surface area contributed by atoms with Gasteiger partial charge in [-0.2, -0.15) is 0 Å². The van der Waals surface area contributed by atoms with Crippen LogP contribution in [0.1, 0.15) is 72.7 Å². The van der Waals surface area contributed by atoms with Gasteiger partial charge in [-0.05, 0) is 85.9 Å². The molecule has 53 heavy (non-hydrogen) atoms. The first-order valence-electron chi connectivity index (χ1n) is 18.4. The summed E-state index contributed by atoms with van der Waals surface area (Å²) in [6, 6.07) is 3.28. The second-order valence-corrected chi connectivity index (χ2v) is 15.3. The second kappa shape index (κ2) is 17.3.